The molecular formula is C25H19BrF3NO3. The molecule has 0 spiro atoms. The first kappa shape index (κ1) is 22.9. The van der Waals surface area contributed by atoms with E-state index in [0.717, 1.165) is 17.7 Å². The third-order valence-corrected chi connectivity index (χ3v) is 5.72. The van der Waals surface area contributed by atoms with Crippen LogP contribution in [-0.2, 0) is 17.6 Å². The summed E-state index contributed by atoms with van der Waals surface area (Å²) in [6, 6.07) is 16.4. The SMILES string of the molecule is CCOc1cc(/C=C2\C(=O)Nc3cc(C(F)(F)F)ccc32)c(Br)cc1OCc1ccccc1. The van der Waals surface area contributed by atoms with Crippen LogP contribution in [0.25, 0.3) is 11.6 Å². The molecular weight excluding hydrogens is 499 g/mol. The van der Waals surface area contributed by atoms with Crippen LogP contribution in [0, 0.1) is 0 Å². The topological polar surface area (TPSA) is 47.6 Å². The van der Waals surface area contributed by atoms with Gasteiger partial charge in [-0.15, -0.1) is 0 Å². The number of amides is 1. The standard InChI is InChI=1S/C25H19BrF3NO3/c1-2-32-22-11-16(20(26)13-23(22)33-14-15-6-4-3-5-7-15)10-19-18-9-8-17(25(27,28)29)12-21(18)30-24(19)31/h3-13H,2,14H2,1H3,(H,30,31)/b19-10-. The van der Waals surface area contributed by atoms with E-state index < -0.39 is 17.6 Å². The predicted molar refractivity (Wildman–Crippen MR) is 124 cm³/mol. The number of alkyl halides is 3. The molecule has 0 atom stereocenters. The summed E-state index contributed by atoms with van der Waals surface area (Å²) in [5.74, 6) is 0.550. The lowest BCUT2D eigenvalue weighted by atomic mass is 10.0. The maximum absolute atomic E-state index is 13.0. The molecule has 0 fully saturated rings. The number of hydrogen-bond donors (Lipinski definition) is 1. The van der Waals surface area contributed by atoms with Gasteiger partial charge in [0.2, 0.25) is 0 Å². The number of nitrogens with one attached hydrogen (secondary N) is 1. The molecule has 1 aliphatic heterocycles. The monoisotopic (exact) mass is 517 g/mol. The molecule has 0 bridgehead atoms. The summed E-state index contributed by atoms with van der Waals surface area (Å²) in [5.41, 5.74) is 1.61. The Hall–Kier alpha value is -3.26. The van der Waals surface area contributed by atoms with Gasteiger partial charge in [-0.2, -0.15) is 13.2 Å². The van der Waals surface area contributed by atoms with Crippen LogP contribution in [0.3, 0.4) is 0 Å². The Morgan fingerprint density at radius 2 is 1.73 bits per heavy atom. The van der Waals surface area contributed by atoms with Crippen molar-refractivity contribution in [2.24, 2.45) is 0 Å². The fourth-order valence-electron chi connectivity index (χ4n) is 3.45. The Bertz CT molecular complexity index is 1220. The van der Waals surface area contributed by atoms with E-state index >= 15 is 0 Å². The summed E-state index contributed by atoms with van der Waals surface area (Å²) in [4.78, 5) is 12.5. The molecule has 0 aromatic heterocycles. The van der Waals surface area contributed by atoms with Crippen LogP contribution in [0.15, 0.2) is 65.1 Å². The van der Waals surface area contributed by atoms with Crippen molar-refractivity contribution in [1.82, 2.24) is 0 Å². The Kier molecular flexibility index (Phi) is 6.47. The van der Waals surface area contributed by atoms with Gasteiger partial charge in [-0.1, -0.05) is 52.3 Å². The van der Waals surface area contributed by atoms with Crippen molar-refractivity contribution in [3.63, 3.8) is 0 Å². The lowest BCUT2D eigenvalue weighted by Gasteiger charge is -2.14. The molecule has 1 N–H and O–H groups in total. The molecule has 170 valence electrons. The van der Waals surface area contributed by atoms with Gasteiger partial charge in [0.15, 0.2) is 11.5 Å². The highest BCUT2D eigenvalue weighted by Gasteiger charge is 2.33. The Labute approximate surface area is 197 Å². The van der Waals surface area contributed by atoms with E-state index in [1.807, 2.05) is 37.3 Å². The number of hydrogen-bond acceptors (Lipinski definition) is 3. The Morgan fingerprint density at radius 1 is 1.00 bits per heavy atom. The van der Waals surface area contributed by atoms with Crippen molar-refractivity contribution in [3.05, 3.63) is 87.4 Å². The van der Waals surface area contributed by atoms with Crippen LogP contribution in [0.1, 0.15) is 29.2 Å². The summed E-state index contributed by atoms with van der Waals surface area (Å²) in [6.45, 7) is 2.61. The molecule has 0 saturated carbocycles. The van der Waals surface area contributed by atoms with E-state index in [1.54, 1.807) is 18.2 Å². The van der Waals surface area contributed by atoms with Crippen molar-refractivity contribution >= 4 is 39.2 Å². The maximum Gasteiger partial charge on any atom is 0.416 e. The number of benzene rings is 3. The van der Waals surface area contributed by atoms with Crippen molar-refractivity contribution in [2.75, 3.05) is 11.9 Å². The number of halogens is 4. The zero-order chi connectivity index (χ0) is 23.6. The largest absolute Gasteiger partial charge is 0.490 e. The maximum atomic E-state index is 13.0. The van der Waals surface area contributed by atoms with Crippen molar-refractivity contribution in [3.8, 4) is 11.5 Å². The molecule has 1 amide bonds. The molecule has 0 aliphatic carbocycles. The van der Waals surface area contributed by atoms with Crippen LogP contribution >= 0.6 is 15.9 Å². The molecule has 3 aromatic carbocycles. The highest BCUT2D eigenvalue weighted by atomic mass is 79.9. The van der Waals surface area contributed by atoms with E-state index in [2.05, 4.69) is 21.2 Å². The van der Waals surface area contributed by atoms with Crippen molar-refractivity contribution in [2.45, 2.75) is 19.7 Å². The quantitative estimate of drug-likeness (QED) is 0.360. The molecule has 0 saturated heterocycles. The molecule has 3 aromatic rings. The lowest BCUT2D eigenvalue weighted by molar-refractivity contribution is -0.137. The minimum absolute atomic E-state index is 0.130. The van der Waals surface area contributed by atoms with Gasteiger partial charge >= 0.3 is 6.18 Å². The number of rotatable bonds is 6. The molecule has 0 radical (unpaired) electrons. The lowest BCUT2D eigenvalue weighted by Crippen LogP contribution is -2.06. The van der Waals surface area contributed by atoms with Gasteiger partial charge in [-0.3, -0.25) is 4.79 Å². The fourth-order valence-corrected chi connectivity index (χ4v) is 3.88. The fraction of sp³-hybridized carbons (Fsp3) is 0.160. The van der Waals surface area contributed by atoms with E-state index in [1.165, 1.54) is 6.07 Å². The summed E-state index contributed by atoms with van der Waals surface area (Å²) in [5, 5.41) is 2.51. The summed E-state index contributed by atoms with van der Waals surface area (Å²) in [6.07, 6.45) is -2.88. The minimum atomic E-state index is -4.49. The van der Waals surface area contributed by atoms with Crippen LogP contribution in [0.2, 0.25) is 0 Å². The van der Waals surface area contributed by atoms with Gasteiger partial charge < -0.3 is 14.8 Å². The van der Waals surface area contributed by atoms with E-state index in [4.69, 9.17) is 9.47 Å². The van der Waals surface area contributed by atoms with Crippen LogP contribution in [0.4, 0.5) is 18.9 Å². The highest BCUT2D eigenvalue weighted by molar-refractivity contribution is 9.10. The van der Waals surface area contributed by atoms with Gasteiger partial charge in [-0.05, 0) is 48.4 Å². The second-order valence-electron chi connectivity index (χ2n) is 7.30. The van der Waals surface area contributed by atoms with Crippen LogP contribution < -0.4 is 14.8 Å². The smallest absolute Gasteiger partial charge is 0.416 e. The zero-order valence-electron chi connectivity index (χ0n) is 17.5. The predicted octanol–water partition coefficient (Wildman–Crippen LogP) is 6.94. The molecule has 4 nitrogen and oxygen atoms in total. The summed E-state index contributed by atoms with van der Waals surface area (Å²) >= 11 is 3.50. The summed E-state index contributed by atoms with van der Waals surface area (Å²) < 4.78 is 51.4. The highest BCUT2D eigenvalue weighted by Crippen LogP contribution is 2.40. The van der Waals surface area contributed by atoms with Gasteiger partial charge in [0.25, 0.3) is 5.91 Å². The average Bonchev–Trinajstić information content (AvgIpc) is 3.09. The Balaban J connectivity index is 1.67. The van der Waals surface area contributed by atoms with Gasteiger partial charge in [0.05, 0.1) is 12.2 Å². The number of carbonyl (C=O) groups is 1. The van der Waals surface area contributed by atoms with E-state index in [9.17, 15) is 18.0 Å². The third-order valence-electron chi connectivity index (χ3n) is 5.03. The zero-order valence-corrected chi connectivity index (χ0v) is 19.1. The first-order valence-electron chi connectivity index (χ1n) is 10.1. The van der Waals surface area contributed by atoms with Crippen molar-refractivity contribution < 1.29 is 27.4 Å². The molecule has 8 heteroatoms. The van der Waals surface area contributed by atoms with Gasteiger partial charge in [0, 0.05) is 21.3 Å². The molecule has 33 heavy (non-hydrogen) atoms. The molecule has 0 unspecified atom stereocenters. The van der Waals surface area contributed by atoms with Gasteiger partial charge in [-0.25, -0.2) is 0 Å². The van der Waals surface area contributed by atoms with Crippen LogP contribution in [-0.4, -0.2) is 12.5 Å². The second kappa shape index (κ2) is 9.31. The average molecular weight is 518 g/mol. The number of fused-ring (bicyclic) bond motifs is 1. The third kappa shape index (κ3) is 5.06. The second-order valence-corrected chi connectivity index (χ2v) is 8.15. The number of anilines is 1. The normalized spacial score (nSPS) is 14.2. The van der Waals surface area contributed by atoms with Crippen molar-refractivity contribution in [1.29, 1.82) is 0 Å². The first-order valence-corrected chi connectivity index (χ1v) is 10.9. The van der Waals surface area contributed by atoms with Gasteiger partial charge in [0.1, 0.15) is 6.61 Å². The van der Waals surface area contributed by atoms with E-state index in [0.29, 0.717) is 40.3 Å². The Morgan fingerprint density at radius 3 is 2.42 bits per heavy atom. The minimum Gasteiger partial charge on any atom is -0.490 e. The molecule has 1 heterocycles. The van der Waals surface area contributed by atoms with Crippen LogP contribution in [0.5, 0.6) is 11.5 Å². The first-order chi connectivity index (χ1) is 15.8. The number of carbonyl (C=O) groups excluding carboxylic acids is 1. The summed E-state index contributed by atoms with van der Waals surface area (Å²) in [7, 11) is 0. The van der Waals surface area contributed by atoms with E-state index in [-0.39, 0.29) is 11.3 Å². The molecule has 1 aliphatic rings. The molecule has 4 rings (SSSR count). The number of ether oxygens (including phenoxy) is 2.